The summed E-state index contributed by atoms with van der Waals surface area (Å²) in [4.78, 5) is 11.8. The molecular weight excluding hydrogens is 324 g/mol. The first kappa shape index (κ1) is 20.7. The van der Waals surface area contributed by atoms with Crippen molar-refractivity contribution in [3.63, 3.8) is 0 Å². The Kier molecular flexibility index (Phi) is 9.69. The van der Waals surface area contributed by atoms with Crippen molar-refractivity contribution >= 4 is 15.8 Å². The lowest BCUT2D eigenvalue weighted by molar-refractivity contribution is -0.143. The van der Waals surface area contributed by atoms with Crippen LogP contribution in [-0.2, 0) is 25.8 Å². The third-order valence-corrected chi connectivity index (χ3v) is 6.30. The molecule has 24 heavy (non-hydrogen) atoms. The number of esters is 1. The van der Waals surface area contributed by atoms with Crippen LogP contribution in [0.4, 0.5) is 0 Å². The van der Waals surface area contributed by atoms with Gasteiger partial charge < -0.3 is 4.74 Å². The zero-order valence-corrected chi connectivity index (χ0v) is 15.7. The van der Waals surface area contributed by atoms with Crippen molar-refractivity contribution in [1.82, 2.24) is 0 Å². The van der Waals surface area contributed by atoms with Crippen molar-refractivity contribution in [3.05, 3.63) is 35.9 Å². The second kappa shape index (κ2) is 11.2. The van der Waals surface area contributed by atoms with E-state index in [1.807, 2.05) is 44.2 Å². The van der Waals surface area contributed by atoms with Gasteiger partial charge in [-0.2, -0.15) is 0 Å². The summed E-state index contributed by atoms with van der Waals surface area (Å²) in [6.07, 6.45) is 4.57. The summed E-state index contributed by atoms with van der Waals surface area (Å²) in [6.45, 7) is 4.31. The molecule has 0 aliphatic carbocycles. The molecule has 0 atom stereocenters. The van der Waals surface area contributed by atoms with Gasteiger partial charge in [0.15, 0.2) is 9.84 Å². The minimum Gasteiger partial charge on any atom is -0.466 e. The Hall–Kier alpha value is -1.36. The highest BCUT2D eigenvalue weighted by molar-refractivity contribution is 7.92. The molecule has 0 unspecified atom stereocenters. The van der Waals surface area contributed by atoms with Gasteiger partial charge in [0, 0.05) is 0 Å². The second-order valence-electron chi connectivity index (χ2n) is 6.13. The Morgan fingerprint density at radius 3 is 2.29 bits per heavy atom. The minimum atomic E-state index is -3.22. The van der Waals surface area contributed by atoms with E-state index < -0.39 is 15.8 Å². The van der Waals surface area contributed by atoms with E-state index in [-0.39, 0.29) is 17.4 Å². The molecule has 0 bridgehead atoms. The van der Waals surface area contributed by atoms with E-state index in [0.29, 0.717) is 19.4 Å². The molecule has 1 aromatic rings. The van der Waals surface area contributed by atoms with Crippen molar-refractivity contribution in [2.24, 2.45) is 0 Å². The number of benzene rings is 1. The van der Waals surface area contributed by atoms with Crippen LogP contribution < -0.4 is 0 Å². The van der Waals surface area contributed by atoms with Gasteiger partial charge in [-0.25, -0.2) is 8.42 Å². The van der Waals surface area contributed by atoms with Gasteiger partial charge >= 0.3 is 5.97 Å². The van der Waals surface area contributed by atoms with Gasteiger partial charge in [-0.1, -0.05) is 57.0 Å². The van der Waals surface area contributed by atoms with Crippen molar-refractivity contribution in [2.45, 2.75) is 64.0 Å². The molecule has 0 spiro atoms. The Labute approximate surface area is 146 Å². The van der Waals surface area contributed by atoms with Crippen LogP contribution >= 0.6 is 0 Å². The number of carbonyl (C=O) groups excluding carboxylic acids is 1. The molecule has 136 valence electrons. The Morgan fingerprint density at radius 1 is 1.08 bits per heavy atom. The molecular formula is C19H30O4S. The number of hydrogen-bond acceptors (Lipinski definition) is 4. The molecule has 0 aromatic heterocycles. The van der Waals surface area contributed by atoms with Crippen LogP contribution in [0.5, 0.6) is 0 Å². The largest absolute Gasteiger partial charge is 0.466 e. The normalized spacial score (nSPS) is 11.6. The molecule has 0 radical (unpaired) electrons. The highest BCUT2D eigenvalue weighted by Gasteiger charge is 2.24. The van der Waals surface area contributed by atoms with Gasteiger partial charge in [0.1, 0.15) is 0 Å². The maximum Gasteiger partial charge on any atom is 0.306 e. The summed E-state index contributed by atoms with van der Waals surface area (Å²) >= 11 is 0. The monoisotopic (exact) mass is 354 g/mol. The van der Waals surface area contributed by atoms with Crippen LogP contribution in [0, 0.1) is 0 Å². The zero-order chi connectivity index (χ0) is 17.8. The number of ether oxygens (including phenoxy) is 1. The third-order valence-electron chi connectivity index (χ3n) is 4.04. The molecule has 4 nitrogen and oxygen atoms in total. The number of rotatable bonds is 12. The molecule has 1 rings (SSSR count). The minimum absolute atomic E-state index is 0.0440. The number of sulfone groups is 1. The first-order valence-corrected chi connectivity index (χ1v) is 10.6. The van der Waals surface area contributed by atoms with Crippen molar-refractivity contribution in [2.75, 3.05) is 12.4 Å². The molecule has 0 amide bonds. The number of aryl methyl sites for hydroxylation is 1. The maximum absolute atomic E-state index is 12.3. The van der Waals surface area contributed by atoms with E-state index in [1.54, 1.807) is 0 Å². The summed E-state index contributed by atoms with van der Waals surface area (Å²) in [7, 11) is -3.22. The van der Waals surface area contributed by atoms with E-state index >= 15 is 0 Å². The highest BCUT2D eigenvalue weighted by Crippen LogP contribution is 2.16. The van der Waals surface area contributed by atoms with Gasteiger partial charge in [0.25, 0.3) is 0 Å². The molecule has 0 N–H and O–H groups in total. The van der Waals surface area contributed by atoms with Gasteiger partial charge in [-0.05, 0) is 31.2 Å². The average molecular weight is 355 g/mol. The average Bonchev–Trinajstić information content (AvgIpc) is 2.58. The van der Waals surface area contributed by atoms with Gasteiger partial charge in [0.05, 0.1) is 24.0 Å². The van der Waals surface area contributed by atoms with Gasteiger partial charge in [0.2, 0.25) is 0 Å². The summed E-state index contributed by atoms with van der Waals surface area (Å²) < 4.78 is 29.8. The van der Waals surface area contributed by atoms with Gasteiger partial charge in [-0.15, -0.1) is 0 Å². The van der Waals surface area contributed by atoms with E-state index in [1.165, 1.54) is 5.56 Å². The fourth-order valence-corrected chi connectivity index (χ4v) is 4.69. The van der Waals surface area contributed by atoms with Crippen LogP contribution in [0.3, 0.4) is 0 Å². The predicted molar refractivity (Wildman–Crippen MR) is 97.7 cm³/mol. The molecule has 0 fully saturated rings. The van der Waals surface area contributed by atoms with Crippen LogP contribution in [0.1, 0.15) is 57.9 Å². The highest BCUT2D eigenvalue weighted by atomic mass is 32.2. The molecule has 0 saturated carbocycles. The topological polar surface area (TPSA) is 60.4 Å². The molecule has 5 heteroatoms. The lowest BCUT2D eigenvalue weighted by atomic mass is 10.1. The number of hydrogen-bond donors (Lipinski definition) is 0. The summed E-state index contributed by atoms with van der Waals surface area (Å²) in [6, 6.07) is 10.0. The summed E-state index contributed by atoms with van der Waals surface area (Å²) in [5, 5.41) is -0.321. The zero-order valence-electron chi connectivity index (χ0n) is 14.9. The lowest BCUT2D eigenvalue weighted by Gasteiger charge is -2.15. The van der Waals surface area contributed by atoms with Crippen molar-refractivity contribution in [1.29, 1.82) is 0 Å². The molecule has 0 aliphatic heterocycles. The lowest BCUT2D eigenvalue weighted by Crippen LogP contribution is -2.25. The third kappa shape index (κ3) is 7.95. The van der Waals surface area contributed by atoms with E-state index in [4.69, 9.17) is 4.74 Å². The van der Waals surface area contributed by atoms with Crippen LogP contribution in [0.25, 0.3) is 0 Å². The standard InChI is InChI=1S/C19H30O4S/c1-3-9-18(10-4-2)24(21,22)16-14-19(20)23-15-8-13-17-11-6-5-7-12-17/h5-7,11-12,18H,3-4,8-10,13-16H2,1-2H3. The van der Waals surface area contributed by atoms with Crippen LogP contribution in [-0.4, -0.2) is 32.0 Å². The van der Waals surface area contributed by atoms with Crippen molar-refractivity contribution in [3.8, 4) is 0 Å². The van der Waals surface area contributed by atoms with Crippen LogP contribution in [0.15, 0.2) is 30.3 Å². The smallest absolute Gasteiger partial charge is 0.306 e. The second-order valence-corrected chi connectivity index (χ2v) is 8.53. The Morgan fingerprint density at radius 2 is 1.71 bits per heavy atom. The predicted octanol–water partition coefficient (Wildman–Crippen LogP) is 3.94. The number of carbonyl (C=O) groups is 1. The first-order valence-electron chi connectivity index (χ1n) is 8.90. The molecule has 0 saturated heterocycles. The van der Waals surface area contributed by atoms with Gasteiger partial charge in [-0.3, -0.25) is 4.79 Å². The first-order chi connectivity index (χ1) is 11.5. The molecule has 0 heterocycles. The van der Waals surface area contributed by atoms with Crippen LogP contribution in [0.2, 0.25) is 0 Å². The SMILES string of the molecule is CCCC(CCC)S(=O)(=O)CCC(=O)OCCCc1ccccc1. The fourth-order valence-electron chi connectivity index (χ4n) is 2.72. The summed E-state index contributed by atoms with van der Waals surface area (Å²) in [5.41, 5.74) is 1.21. The maximum atomic E-state index is 12.3. The quantitative estimate of drug-likeness (QED) is 0.421. The Bertz CT molecular complexity index is 560. The van der Waals surface area contributed by atoms with Crippen molar-refractivity contribution < 1.29 is 17.9 Å². The molecule has 0 aliphatic rings. The summed E-state index contributed by atoms with van der Waals surface area (Å²) in [5.74, 6) is -0.520. The molecule has 1 aromatic carbocycles. The fraction of sp³-hybridized carbons (Fsp3) is 0.632. The van der Waals surface area contributed by atoms with E-state index in [9.17, 15) is 13.2 Å². The Balaban J connectivity index is 2.29. The van der Waals surface area contributed by atoms with E-state index in [2.05, 4.69) is 0 Å². The van der Waals surface area contributed by atoms with E-state index in [0.717, 1.165) is 25.7 Å².